The molecule has 9 nitrogen and oxygen atoms in total. The summed E-state index contributed by atoms with van der Waals surface area (Å²) in [5, 5.41) is 43.1. The molecule has 1 saturated carbocycles. The maximum absolute atomic E-state index is 13.6. The van der Waals surface area contributed by atoms with Gasteiger partial charge < -0.3 is 26.2 Å². The number of carbonyl (C=O) groups is 3. The Kier molecular flexibility index (Phi) is 5.11. The lowest BCUT2D eigenvalue weighted by molar-refractivity contribution is -0.153. The van der Waals surface area contributed by atoms with Crippen LogP contribution in [0.5, 0.6) is 5.75 Å². The fraction of sp³-hybridized carbons (Fsp3) is 0.409. The van der Waals surface area contributed by atoms with Crippen LogP contribution in [0.25, 0.3) is 5.76 Å². The maximum Gasteiger partial charge on any atom is 0.416 e. The molecule has 0 aliphatic heterocycles. The number of phenols is 1. The summed E-state index contributed by atoms with van der Waals surface area (Å²) in [6.07, 6.45) is -5.55. The third-order valence-corrected chi connectivity index (χ3v) is 6.91. The molecule has 1 aromatic rings. The average Bonchev–Trinajstić information content (AvgIpc) is 2.69. The first-order valence-electron chi connectivity index (χ1n) is 10.2. The van der Waals surface area contributed by atoms with Gasteiger partial charge in [0.25, 0.3) is 5.91 Å². The molecule has 6 N–H and O–H groups in total. The highest BCUT2D eigenvalue weighted by Gasteiger charge is 2.64. The minimum absolute atomic E-state index is 0.293. The summed E-state index contributed by atoms with van der Waals surface area (Å²) in [6.45, 7) is 0. The number of halogens is 3. The Morgan fingerprint density at radius 3 is 2.32 bits per heavy atom. The fourth-order valence-corrected chi connectivity index (χ4v) is 5.51. The van der Waals surface area contributed by atoms with E-state index in [1.165, 1.54) is 19.0 Å². The molecule has 0 heterocycles. The standard InChI is InChI=1S/C22H21F3N2O7/c1-27(2)15-10-6-7-5-8-9(22(23,24)25)3-4-11(28)13(8)16(29)12(7)18(31)21(10,34)19(32)14(17(15)30)20(26)33/h3-4,7,10,15,28-29,32,34H,5-6H2,1-2H3,(H2,26,33)/t7-,10-,15-,21-/m0/s1. The van der Waals surface area contributed by atoms with Crippen molar-refractivity contribution in [3.8, 4) is 5.75 Å². The van der Waals surface area contributed by atoms with Crippen molar-refractivity contribution >= 4 is 23.2 Å². The zero-order chi connectivity index (χ0) is 25.5. The second-order valence-electron chi connectivity index (χ2n) is 8.95. The van der Waals surface area contributed by atoms with Crippen LogP contribution < -0.4 is 5.73 Å². The van der Waals surface area contributed by atoms with Crippen molar-refractivity contribution in [2.24, 2.45) is 17.6 Å². The van der Waals surface area contributed by atoms with E-state index < -0.39 is 98.7 Å². The first-order valence-corrected chi connectivity index (χ1v) is 10.2. The average molecular weight is 482 g/mol. The van der Waals surface area contributed by atoms with Crippen LogP contribution >= 0.6 is 0 Å². The summed E-state index contributed by atoms with van der Waals surface area (Å²) in [7, 11) is 2.85. The van der Waals surface area contributed by atoms with Crippen molar-refractivity contribution in [3.63, 3.8) is 0 Å². The molecular formula is C22H21F3N2O7. The van der Waals surface area contributed by atoms with Gasteiger partial charge in [-0.15, -0.1) is 0 Å². The largest absolute Gasteiger partial charge is 0.508 e. The van der Waals surface area contributed by atoms with Gasteiger partial charge in [-0.2, -0.15) is 13.2 Å². The van der Waals surface area contributed by atoms with E-state index in [0.29, 0.717) is 6.07 Å². The van der Waals surface area contributed by atoms with Crippen LogP contribution in [0.15, 0.2) is 29.0 Å². The van der Waals surface area contributed by atoms with E-state index in [9.17, 15) is 48.0 Å². The highest BCUT2D eigenvalue weighted by Crippen LogP contribution is 2.53. The molecule has 4 rings (SSSR count). The number of phenolic OH excluding ortho intramolecular Hbond substituents is 1. The van der Waals surface area contributed by atoms with Gasteiger partial charge in [0.2, 0.25) is 5.78 Å². The minimum atomic E-state index is -4.82. The second-order valence-corrected chi connectivity index (χ2v) is 8.95. The first-order chi connectivity index (χ1) is 15.6. The molecule has 0 bridgehead atoms. The summed E-state index contributed by atoms with van der Waals surface area (Å²) in [5.41, 5.74) is -1.26. The Hall–Kier alpha value is -3.38. The van der Waals surface area contributed by atoms with Crippen LogP contribution in [-0.4, -0.2) is 68.5 Å². The number of hydrogen-bond acceptors (Lipinski definition) is 8. The monoisotopic (exact) mass is 482 g/mol. The predicted molar refractivity (Wildman–Crippen MR) is 109 cm³/mol. The molecular weight excluding hydrogens is 461 g/mol. The number of benzene rings is 1. The third kappa shape index (κ3) is 2.98. The Morgan fingerprint density at radius 1 is 1.18 bits per heavy atom. The molecule has 0 aromatic heterocycles. The molecule has 1 fully saturated rings. The number of aliphatic hydroxyl groups is 3. The number of nitrogens with two attached hydrogens (primary N) is 1. The number of Topliss-reactive ketones (excluding diaryl/α,β-unsaturated/α-hetero) is 2. The molecule has 4 atom stereocenters. The number of likely N-dealkylation sites (N-methyl/N-ethyl adjacent to an activating group) is 1. The minimum Gasteiger partial charge on any atom is -0.508 e. The summed E-state index contributed by atoms with van der Waals surface area (Å²) in [5.74, 6) is -9.00. The first kappa shape index (κ1) is 23.8. The van der Waals surface area contributed by atoms with Crippen molar-refractivity contribution in [1.82, 2.24) is 4.90 Å². The van der Waals surface area contributed by atoms with Crippen LogP contribution in [0.1, 0.15) is 23.1 Å². The van der Waals surface area contributed by atoms with E-state index in [-0.39, 0.29) is 6.42 Å². The van der Waals surface area contributed by atoms with Crippen LogP contribution in [0.2, 0.25) is 0 Å². The molecule has 0 unspecified atom stereocenters. The van der Waals surface area contributed by atoms with Crippen LogP contribution in [-0.2, 0) is 27.0 Å². The summed E-state index contributed by atoms with van der Waals surface area (Å²) in [6, 6.07) is 0.0743. The van der Waals surface area contributed by atoms with E-state index in [4.69, 9.17) is 5.73 Å². The van der Waals surface area contributed by atoms with E-state index in [0.717, 1.165) is 6.07 Å². The number of alkyl halides is 3. The SMILES string of the molecule is CN(C)[C@@H]1C(=O)C(C(N)=O)=C(O)[C@@]2(O)C(=O)C3=C(O)c4c(O)ccc(C(F)(F)F)c4C[C@H]3C[C@@H]12. The number of ketones is 2. The normalized spacial score (nSPS) is 29.2. The molecule has 0 spiro atoms. The van der Waals surface area contributed by atoms with Gasteiger partial charge in [0.05, 0.1) is 17.2 Å². The van der Waals surface area contributed by atoms with E-state index in [2.05, 4.69) is 0 Å². The molecule has 3 aliphatic carbocycles. The number of rotatable bonds is 2. The van der Waals surface area contributed by atoms with Crippen molar-refractivity contribution in [2.45, 2.75) is 30.7 Å². The van der Waals surface area contributed by atoms with E-state index in [1.807, 2.05) is 0 Å². The molecule has 12 heteroatoms. The van der Waals surface area contributed by atoms with Crippen LogP contribution in [0.3, 0.4) is 0 Å². The fourth-order valence-electron chi connectivity index (χ4n) is 5.51. The number of primary amides is 1. The Labute approximate surface area is 190 Å². The number of amides is 1. The lowest BCUT2D eigenvalue weighted by Crippen LogP contribution is -2.65. The van der Waals surface area contributed by atoms with Crippen molar-refractivity contribution in [3.05, 3.63) is 45.7 Å². The topological polar surface area (TPSA) is 161 Å². The number of hydrogen-bond donors (Lipinski definition) is 5. The Morgan fingerprint density at radius 2 is 1.79 bits per heavy atom. The zero-order valence-electron chi connectivity index (χ0n) is 18.0. The number of nitrogens with zero attached hydrogens (tertiary/aromatic N) is 1. The molecule has 0 radical (unpaired) electrons. The van der Waals surface area contributed by atoms with Crippen LogP contribution in [0, 0.1) is 11.8 Å². The predicted octanol–water partition coefficient (Wildman–Crippen LogP) is 0.983. The molecule has 0 saturated heterocycles. The Balaban J connectivity index is 2.00. The number of fused-ring (bicyclic) bond motifs is 3. The molecule has 1 aromatic carbocycles. The van der Waals surface area contributed by atoms with Gasteiger partial charge in [-0.1, -0.05) is 0 Å². The van der Waals surface area contributed by atoms with Gasteiger partial charge in [0.1, 0.15) is 22.8 Å². The lowest BCUT2D eigenvalue weighted by atomic mass is 9.57. The van der Waals surface area contributed by atoms with Crippen molar-refractivity contribution < 1.29 is 48.0 Å². The van der Waals surface area contributed by atoms with Crippen LogP contribution in [0.4, 0.5) is 13.2 Å². The molecule has 3 aliphatic rings. The second kappa shape index (κ2) is 7.31. The number of aliphatic hydroxyl groups excluding tert-OH is 2. The highest BCUT2D eigenvalue weighted by atomic mass is 19.4. The molecule has 182 valence electrons. The zero-order valence-corrected chi connectivity index (χ0v) is 18.0. The number of carbonyl (C=O) groups excluding carboxylic acids is 3. The maximum atomic E-state index is 13.6. The summed E-state index contributed by atoms with van der Waals surface area (Å²) in [4.78, 5) is 39.7. The lowest BCUT2D eigenvalue weighted by Gasteiger charge is -2.50. The van der Waals surface area contributed by atoms with Gasteiger partial charge in [-0.3, -0.25) is 19.3 Å². The third-order valence-electron chi connectivity index (χ3n) is 6.91. The molecule has 34 heavy (non-hydrogen) atoms. The highest BCUT2D eigenvalue weighted by molar-refractivity contribution is 6.24. The van der Waals surface area contributed by atoms with E-state index in [1.54, 1.807) is 0 Å². The summed E-state index contributed by atoms with van der Waals surface area (Å²) < 4.78 is 40.9. The van der Waals surface area contributed by atoms with Gasteiger partial charge in [0.15, 0.2) is 11.4 Å². The van der Waals surface area contributed by atoms with Crippen molar-refractivity contribution in [2.75, 3.05) is 14.1 Å². The smallest absolute Gasteiger partial charge is 0.416 e. The van der Waals surface area contributed by atoms with Gasteiger partial charge in [0, 0.05) is 11.5 Å². The van der Waals surface area contributed by atoms with Gasteiger partial charge in [-0.25, -0.2) is 0 Å². The van der Waals surface area contributed by atoms with E-state index >= 15 is 0 Å². The van der Waals surface area contributed by atoms with Gasteiger partial charge >= 0.3 is 6.18 Å². The van der Waals surface area contributed by atoms with Gasteiger partial charge in [-0.05, 0) is 50.6 Å². The molecule has 1 amide bonds. The quantitative estimate of drug-likeness (QED) is 0.390. The van der Waals surface area contributed by atoms with Crippen molar-refractivity contribution in [1.29, 1.82) is 0 Å². The number of aromatic hydroxyl groups is 1. The summed E-state index contributed by atoms with van der Waals surface area (Å²) >= 11 is 0. The Bertz CT molecular complexity index is 1220.